The highest BCUT2D eigenvalue weighted by Gasteiger charge is 2.16. The van der Waals surface area contributed by atoms with E-state index in [1.54, 1.807) is 24.3 Å². The fourth-order valence-electron chi connectivity index (χ4n) is 2.23. The van der Waals surface area contributed by atoms with Crippen LogP contribution in [0.5, 0.6) is 0 Å². The topological polar surface area (TPSA) is 93.7 Å². The molecule has 0 saturated carbocycles. The molecule has 0 radical (unpaired) electrons. The summed E-state index contributed by atoms with van der Waals surface area (Å²) in [5, 5.41) is 5.38. The molecule has 124 valence electrons. The molecule has 0 bridgehead atoms. The van der Waals surface area contributed by atoms with Crippen LogP contribution in [-0.2, 0) is 19.1 Å². The average Bonchev–Trinajstić information content (AvgIpc) is 3.06. The molecule has 23 heavy (non-hydrogen) atoms. The average molecular weight is 320 g/mol. The van der Waals surface area contributed by atoms with E-state index in [9.17, 15) is 14.4 Å². The van der Waals surface area contributed by atoms with Crippen molar-refractivity contribution in [2.45, 2.75) is 25.4 Å². The summed E-state index contributed by atoms with van der Waals surface area (Å²) in [6, 6.07) is 6.43. The third kappa shape index (κ3) is 5.37. The third-order valence-corrected chi connectivity index (χ3v) is 3.48. The first kappa shape index (κ1) is 17.0. The summed E-state index contributed by atoms with van der Waals surface area (Å²) in [4.78, 5) is 34.5. The minimum absolute atomic E-state index is 0.0934. The SMILES string of the molecule is COC(=O)CC(=O)Nc1ccc(C(=O)NCC2CCCO2)cc1. The lowest BCUT2D eigenvalue weighted by atomic mass is 10.2. The molecule has 2 rings (SSSR count). The molecule has 7 nitrogen and oxygen atoms in total. The molecule has 7 heteroatoms. The van der Waals surface area contributed by atoms with Crippen LogP contribution in [0.2, 0.25) is 0 Å². The molecule has 1 saturated heterocycles. The molecule has 1 heterocycles. The van der Waals surface area contributed by atoms with Gasteiger partial charge in [0, 0.05) is 24.4 Å². The number of rotatable bonds is 6. The van der Waals surface area contributed by atoms with Gasteiger partial charge in [0.1, 0.15) is 6.42 Å². The number of hydrogen-bond donors (Lipinski definition) is 2. The van der Waals surface area contributed by atoms with Crippen LogP contribution in [0.3, 0.4) is 0 Å². The van der Waals surface area contributed by atoms with Crippen LogP contribution in [0, 0.1) is 0 Å². The number of amides is 2. The maximum Gasteiger partial charge on any atom is 0.315 e. The van der Waals surface area contributed by atoms with Crippen molar-refractivity contribution in [2.24, 2.45) is 0 Å². The van der Waals surface area contributed by atoms with Gasteiger partial charge in [-0.25, -0.2) is 0 Å². The number of esters is 1. The van der Waals surface area contributed by atoms with E-state index in [2.05, 4.69) is 15.4 Å². The van der Waals surface area contributed by atoms with Gasteiger partial charge >= 0.3 is 5.97 Å². The minimum atomic E-state index is -0.604. The van der Waals surface area contributed by atoms with Crippen molar-refractivity contribution in [3.63, 3.8) is 0 Å². The Bertz CT molecular complexity index is 564. The van der Waals surface area contributed by atoms with E-state index in [-0.39, 0.29) is 18.4 Å². The molecular formula is C16H20N2O5. The Hall–Kier alpha value is -2.41. The number of carbonyl (C=O) groups is 3. The van der Waals surface area contributed by atoms with Gasteiger partial charge in [0.2, 0.25) is 5.91 Å². The second-order valence-electron chi connectivity index (χ2n) is 5.22. The lowest BCUT2D eigenvalue weighted by Gasteiger charge is -2.11. The minimum Gasteiger partial charge on any atom is -0.469 e. The van der Waals surface area contributed by atoms with Crippen molar-refractivity contribution in [1.29, 1.82) is 0 Å². The number of hydrogen-bond acceptors (Lipinski definition) is 5. The van der Waals surface area contributed by atoms with Crippen molar-refractivity contribution in [1.82, 2.24) is 5.32 Å². The first-order valence-electron chi connectivity index (χ1n) is 7.45. The summed E-state index contributed by atoms with van der Waals surface area (Å²) < 4.78 is 9.86. The van der Waals surface area contributed by atoms with E-state index >= 15 is 0 Å². The van der Waals surface area contributed by atoms with Crippen molar-refractivity contribution in [3.8, 4) is 0 Å². The molecule has 1 aliphatic rings. The Labute approximate surface area is 134 Å². The monoisotopic (exact) mass is 320 g/mol. The first-order valence-corrected chi connectivity index (χ1v) is 7.45. The van der Waals surface area contributed by atoms with Gasteiger partial charge in [-0.05, 0) is 37.1 Å². The molecule has 1 atom stereocenters. The van der Waals surface area contributed by atoms with Crippen molar-refractivity contribution in [2.75, 3.05) is 25.6 Å². The van der Waals surface area contributed by atoms with Crippen molar-refractivity contribution >= 4 is 23.5 Å². The third-order valence-electron chi connectivity index (χ3n) is 3.48. The highest BCUT2D eigenvalue weighted by Crippen LogP contribution is 2.12. The number of nitrogens with one attached hydrogen (secondary N) is 2. The van der Waals surface area contributed by atoms with Crippen LogP contribution < -0.4 is 10.6 Å². The van der Waals surface area contributed by atoms with Crippen LogP contribution in [0.15, 0.2) is 24.3 Å². The van der Waals surface area contributed by atoms with Gasteiger partial charge in [-0.2, -0.15) is 0 Å². The zero-order valence-electron chi connectivity index (χ0n) is 13.0. The van der Waals surface area contributed by atoms with Crippen LogP contribution in [-0.4, -0.2) is 44.1 Å². The predicted octanol–water partition coefficient (Wildman–Crippen LogP) is 1.10. The Balaban J connectivity index is 1.82. The fourth-order valence-corrected chi connectivity index (χ4v) is 2.23. The van der Waals surface area contributed by atoms with Crippen LogP contribution in [0.1, 0.15) is 29.6 Å². The van der Waals surface area contributed by atoms with Gasteiger partial charge < -0.3 is 20.1 Å². The van der Waals surface area contributed by atoms with E-state index in [4.69, 9.17) is 4.74 Å². The Morgan fingerprint density at radius 2 is 2.00 bits per heavy atom. The molecule has 1 unspecified atom stereocenters. The second kappa shape index (κ2) is 8.28. The van der Waals surface area contributed by atoms with E-state index in [1.807, 2.05) is 0 Å². The van der Waals surface area contributed by atoms with E-state index in [0.717, 1.165) is 19.4 Å². The van der Waals surface area contributed by atoms with Gasteiger partial charge in [-0.15, -0.1) is 0 Å². The zero-order chi connectivity index (χ0) is 16.7. The highest BCUT2D eigenvalue weighted by atomic mass is 16.5. The fraction of sp³-hybridized carbons (Fsp3) is 0.438. The molecular weight excluding hydrogens is 300 g/mol. The number of ether oxygens (including phenoxy) is 2. The maximum atomic E-state index is 12.0. The summed E-state index contributed by atoms with van der Waals surface area (Å²) in [7, 11) is 1.22. The van der Waals surface area contributed by atoms with E-state index in [0.29, 0.717) is 17.8 Å². The highest BCUT2D eigenvalue weighted by molar-refractivity contribution is 6.02. The molecule has 1 fully saturated rings. The predicted molar refractivity (Wildman–Crippen MR) is 83.0 cm³/mol. The lowest BCUT2D eigenvalue weighted by Crippen LogP contribution is -2.31. The standard InChI is InChI=1S/C16H20N2O5/c1-22-15(20)9-14(19)18-12-6-4-11(5-7-12)16(21)17-10-13-3-2-8-23-13/h4-7,13H,2-3,8-10H2,1H3,(H,17,21)(H,18,19). The van der Waals surface area contributed by atoms with Gasteiger partial charge in [0.15, 0.2) is 0 Å². The lowest BCUT2D eigenvalue weighted by molar-refractivity contribution is -0.142. The van der Waals surface area contributed by atoms with E-state index in [1.165, 1.54) is 7.11 Å². The van der Waals surface area contributed by atoms with Crippen molar-refractivity contribution in [3.05, 3.63) is 29.8 Å². The van der Waals surface area contributed by atoms with Gasteiger partial charge in [0.05, 0.1) is 13.2 Å². The Morgan fingerprint density at radius 3 is 2.61 bits per heavy atom. The molecule has 1 aromatic rings. The molecule has 0 aliphatic carbocycles. The largest absolute Gasteiger partial charge is 0.469 e. The van der Waals surface area contributed by atoms with Gasteiger partial charge in [-0.3, -0.25) is 14.4 Å². The molecule has 0 aromatic heterocycles. The molecule has 0 spiro atoms. The number of anilines is 1. The van der Waals surface area contributed by atoms with Gasteiger partial charge in [-0.1, -0.05) is 0 Å². The number of carbonyl (C=O) groups excluding carboxylic acids is 3. The van der Waals surface area contributed by atoms with Crippen LogP contribution in [0.4, 0.5) is 5.69 Å². The van der Waals surface area contributed by atoms with Crippen LogP contribution >= 0.6 is 0 Å². The second-order valence-corrected chi connectivity index (χ2v) is 5.22. The normalized spacial score (nSPS) is 16.7. The quantitative estimate of drug-likeness (QED) is 0.604. The zero-order valence-corrected chi connectivity index (χ0v) is 13.0. The summed E-state index contributed by atoms with van der Waals surface area (Å²) >= 11 is 0. The molecule has 1 aliphatic heterocycles. The maximum absolute atomic E-state index is 12.0. The summed E-state index contributed by atoms with van der Waals surface area (Å²) in [5.41, 5.74) is 1.00. The smallest absolute Gasteiger partial charge is 0.315 e. The summed E-state index contributed by atoms with van der Waals surface area (Å²) in [5.74, 6) is -1.26. The summed E-state index contributed by atoms with van der Waals surface area (Å²) in [6.45, 7) is 1.25. The molecule has 2 N–H and O–H groups in total. The van der Waals surface area contributed by atoms with Crippen molar-refractivity contribution < 1.29 is 23.9 Å². The Morgan fingerprint density at radius 1 is 1.26 bits per heavy atom. The first-order chi connectivity index (χ1) is 11.1. The molecule has 2 amide bonds. The van der Waals surface area contributed by atoms with Gasteiger partial charge in [0.25, 0.3) is 5.91 Å². The number of benzene rings is 1. The summed E-state index contributed by atoms with van der Waals surface area (Å²) in [6.07, 6.45) is 1.74. The Kier molecular flexibility index (Phi) is 6.10. The molecule has 1 aromatic carbocycles. The number of methoxy groups -OCH3 is 1. The van der Waals surface area contributed by atoms with E-state index < -0.39 is 11.9 Å². The van der Waals surface area contributed by atoms with Crippen LogP contribution in [0.25, 0.3) is 0 Å².